The van der Waals surface area contributed by atoms with Gasteiger partial charge >= 0.3 is 6.18 Å². The number of aromatic nitrogens is 3. The minimum Gasteiger partial charge on any atom is -0.339 e. The van der Waals surface area contributed by atoms with Gasteiger partial charge in [0.2, 0.25) is 0 Å². The van der Waals surface area contributed by atoms with Gasteiger partial charge in [-0.25, -0.2) is 15.0 Å². The Balaban J connectivity index is 1.72. The fraction of sp³-hybridized carbons (Fsp3) is 0.154. The zero-order valence-electron chi connectivity index (χ0n) is 19.0. The quantitative estimate of drug-likeness (QED) is 0.324. The molecule has 4 rings (SSSR count). The summed E-state index contributed by atoms with van der Waals surface area (Å²) in [5.41, 5.74) is 0.473. The van der Waals surface area contributed by atoms with E-state index in [1.165, 1.54) is 30.9 Å². The second-order valence-electron chi connectivity index (χ2n) is 8.08. The van der Waals surface area contributed by atoms with Gasteiger partial charge in [0.1, 0.15) is 12.1 Å². The zero-order valence-corrected chi connectivity index (χ0v) is 19.0. The summed E-state index contributed by atoms with van der Waals surface area (Å²) in [6.07, 6.45) is -0.482. The van der Waals surface area contributed by atoms with E-state index in [9.17, 15) is 18.0 Å². The Morgan fingerprint density at radius 3 is 2.46 bits per heavy atom. The third-order valence-electron chi connectivity index (χ3n) is 5.32. The van der Waals surface area contributed by atoms with Gasteiger partial charge < -0.3 is 10.6 Å². The second kappa shape index (κ2) is 9.92. The van der Waals surface area contributed by atoms with E-state index in [0.29, 0.717) is 16.9 Å². The molecular formula is C26H22F3N5O. The van der Waals surface area contributed by atoms with Crippen molar-refractivity contribution in [1.82, 2.24) is 15.0 Å². The standard InChI is InChI=1S/C26H22F3N5O/c1-16(2)17-6-3-7-18(14-17)33-25(35)20-8-4-10-22(23(20)26(27,28)29)34-24-19(9-5-12-31-24)21-11-13-30-15-32-21/h3-16H,1-2H3,(H,31,34)(H,33,35). The number of nitrogens with zero attached hydrogens (tertiary/aromatic N) is 3. The third kappa shape index (κ3) is 5.46. The van der Waals surface area contributed by atoms with Crippen LogP contribution in [0, 0.1) is 0 Å². The number of hydrogen-bond acceptors (Lipinski definition) is 5. The highest BCUT2D eigenvalue weighted by molar-refractivity contribution is 6.06. The van der Waals surface area contributed by atoms with Crippen molar-refractivity contribution in [1.29, 1.82) is 0 Å². The first-order valence-electron chi connectivity index (χ1n) is 10.8. The molecule has 35 heavy (non-hydrogen) atoms. The lowest BCUT2D eigenvalue weighted by atomic mass is 10.0. The number of carbonyl (C=O) groups excluding carboxylic acids is 1. The number of alkyl halides is 3. The smallest absolute Gasteiger partial charge is 0.339 e. The van der Waals surface area contributed by atoms with Gasteiger partial charge in [-0.3, -0.25) is 4.79 Å². The summed E-state index contributed by atoms with van der Waals surface area (Å²) in [5, 5.41) is 5.35. The number of amides is 1. The van der Waals surface area contributed by atoms with Gasteiger partial charge in [-0.2, -0.15) is 13.2 Å². The maximum absolute atomic E-state index is 14.2. The highest BCUT2D eigenvalue weighted by Crippen LogP contribution is 2.40. The van der Waals surface area contributed by atoms with Crippen molar-refractivity contribution in [2.45, 2.75) is 25.9 Å². The van der Waals surface area contributed by atoms with Gasteiger partial charge in [0.25, 0.3) is 5.91 Å². The van der Waals surface area contributed by atoms with Crippen LogP contribution in [0.15, 0.2) is 79.4 Å². The molecular weight excluding hydrogens is 455 g/mol. The van der Waals surface area contributed by atoms with Gasteiger partial charge in [-0.1, -0.05) is 32.0 Å². The first kappa shape index (κ1) is 23.9. The average Bonchev–Trinajstić information content (AvgIpc) is 2.84. The molecule has 0 aliphatic rings. The number of nitrogens with one attached hydrogen (secondary N) is 2. The van der Waals surface area contributed by atoms with Crippen LogP contribution in [-0.4, -0.2) is 20.9 Å². The molecule has 0 fully saturated rings. The lowest BCUT2D eigenvalue weighted by Gasteiger charge is -2.19. The van der Waals surface area contributed by atoms with Crippen LogP contribution in [0.2, 0.25) is 0 Å². The minimum absolute atomic E-state index is 0.166. The summed E-state index contributed by atoms with van der Waals surface area (Å²) < 4.78 is 42.7. The van der Waals surface area contributed by atoms with E-state index in [4.69, 9.17) is 0 Å². The van der Waals surface area contributed by atoms with Gasteiger partial charge in [0.05, 0.1) is 22.5 Å². The summed E-state index contributed by atoms with van der Waals surface area (Å²) in [6, 6.07) is 15.8. The van der Waals surface area contributed by atoms with Crippen LogP contribution >= 0.6 is 0 Å². The van der Waals surface area contributed by atoms with E-state index in [0.717, 1.165) is 11.6 Å². The molecule has 0 radical (unpaired) electrons. The molecule has 0 spiro atoms. The van der Waals surface area contributed by atoms with Crippen LogP contribution in [0.4, 0.5) is 30.4 Å². The molecule has 178 valence electrons. The summed E-state index contributed by atoms with van der Waals surface area (Å²) >= 11 is 0. The highest BCUT2D eigenvalue weighted by atomic mass is 19.4. The van der Waals surface area contributed by atoms with Crippen LogP contribution in [0.1, 0.15) is 41.3 Å². The first-order chi connectivity index (χ1) is 16.7. The van der Waals surface area contributed by atoms with Crippen molar-refractivity contribution in [3.8, 4) is 11.3 Å². The van der Waals surface area contributed by atoms with E-state index in [1.807, 2.05) is 19.9 Å². The molecule has 0 aliphatic carbocycles. The molecule has 2 N–H and O–H groups in total. The number of hydrogen-bond donors (Lipinski definition) is 2. The summed E-state index contributed by atoms with van der Waals surface area (Å²) in [7, 11) is 0. The van der Waals surface area contributed by atoms with E-state index < -0.39 is 23.2 Å². The van der Waals surface area contributed by atoms with E-state index >= 15 is 0 Å². The topological polar surface area (TPSA) is 79.8 Å². The second-order valence-corrected chi connectivity index (χ2v) is 8.08. The third-order valence-corrected chi connectivity index (χ3v) is 5.32. The Bertz CT molecular complexity index is 1340. The van der Waals surface area contributed by atoms with E-state index in [-0.39, 0.29) is 17.4 Å². The van der Waals surface area contributed by atoms with Crippen molar-refractivity contribution in [3.05, 3.63) is 96.1 Å². The summed E-state index contributed by atoms with van der Waals surface area (Å²) in [4.78, 5) is 25.2. The summed E-state index contributed by atoms with van der Waals surface area (Å²) in [6.45, 7) is 3.98. The number of rotatable bonds is 6. The van der Waals surface area contributed by atoms with Gasteiger partial charge in [-0.05, 0) is 53.9 Å². The van der Waals surface area contributed by atoms with Crippen LogP contribution in [-0.2, 0) is 6.18 Å². The Morgan fingerprint density at radius 1 is 0.943 bits per heavy atom. The predicted molar refractivity (Wildman–Crippen MR) is 128 cm³/mol. The van der Waals surface area contributed by atoms with E-state index in [1.54, 1.807) is 36.4 Å². The molecule has 2 aromatic heterocycles. The Morgan fingerprint density at radius 2 is 1.74 bits per heavy atom. The van der Waals surface area contributed by atoms with Crippen LogP contribution in [0.3, 0.4) is 0 Å². The number of carbonyl (C=O) groups is 1. The van der Waals surface area contributed by atoms with Crippen molar-refractivity contribution in [2.24, 2.45) is 0 Å². The SMILES string of the molecule is CC(C)c1cccc(NC(=O)c2cccc(Nc3ncccc3-c3ccncn3)c2C(F)(F)F)c1. The Labute approximate surface area is 200 Å². The zero-order chi connectivity index (χ0) is 25.0. The molecule has 6 nitrogen and oxygen atoms in total. The van der Waals surface area contributed by atoms with Gasteiger partial charge in [0, 0.05) is 23.6 Å². The fourth-order valence-electron chi connectivity index (χ4n) is 3.61. The highest BCUT2D eigenvalue weighted by Gasteiger charge is 2.38. The molecule has 0 bridgehead atoms. The van der Waals surface area contributed by atoms with Gasteiger partial charge in [-0.15, -0.1) is 0 Å². The molecule has 9 heteroatoms. The van der Waals surface area contributed by atoms with E-state index in [2.05, 4.69) is 25.6 Å². The van der Waals surface area contributed by atoms with Crippen LogP contribution in [0.5, 0.6) is 0 Å². The van der Waals surface area contributed by atoms with Crippen molar-refractivity contribution in [3.63, 3.8) is 0 Å². The number of benzene rings is 2. The van der Waals surface area contributed by atoms with Crippen LogP contribution < -0.4 is 10.6 Å². The normalized spacial score (nSPS) is 11.4. The first-order valence-corrected chi connectivity index (χ1v) is 10.8. The molecule has 2 aromatic carbocycles. The van der Waals surface area contributed by atoms with Crippen molar-refractivity contribution >= 4 is 23.1 Å². The monoisotopic (exact) mass is 477 g/mol. The average molecular weight is 477 g/mol. The maximum Gasteiger partial charge on any atom is 0.419 e. The molecule has 1 amide bonds. The Kier molecular flexibility index (Phi) is 6.77. The summed E-state index contributed by atoms with van der Waals surface area (Å²) in [5.74, 6) is -0.495. The predicted octanol–water partition coefficient (Wildman–Crippen LogP) is 6.68. The molecule has 0 aliphatic heterocycles. The number of anilines is 3. The minimum atomic E-state index is -4.81. The molecule has 0 unspecified atom stereocenters. The largest absolute Gasteiger partial charge is 0.419 e. The molecule has 4 aromatic rings. The Hall–Kier alpha value is -4.27. The molecule has 0 atom stereocenters. The van der Waals surface area contributed by atoms with Crippen molar-refractivity contribution < 1.29 is 18.0 Å². The molecule has 0 saturated carbocycles. The molecule has 2 heterocycles. The number of halogens is 3. The maximum atomic E-state index is 14.2. The van der Waals surface area contributed by atoms with Crippen LogP contribution in [0.25, 0.3) is 11.3 Å². The van der Waals surface area contributed by atoms with Gasteiger partial charge in [0.15, 0.2) is 0 Å². The lowest BCUT2D eigenvalue weighted by molar-refractivity contribution is -0.137. The van der Waals surface area contributed by atoms with Crippen molar-refractivity contribution in [2.75, 3.05) is 10.6 Å². The fourth-order valence-corrected chi connectivity index (χ4v) is 3.61. The lowest BCUT2D eigenvalue weighted by Crippen LogP contribution is -2.20. The molecule has 0 saturated heterocycles. The number of pyridine rings is 1.